The lowest BCUT2D eigenvalue weighted by Gasteiger charge is -2.32. The molecule has 2 heterocycles. The van der Waals surface area contributed by atoms with Gasteiger partial charge < -0.3 is 10.1 Å². The number of methoxy groups -OCH3 is 1. The Hall–Kier alpha value is -3.26. The summed E-state index contributed by atoms with van der Waals surface area (Å²) in [4.78, 5) is 19.4. The molecule has 2 aromatic carbocycles. The van der Waals surface area contributed by atoms with E-state index in [0.717, 1.165) is 36.3 Å². The maximum Gasteiger partial charge on any atom is 0.224 e. The van der Waals surface area contributed by atoms with Crippen molar-refractivity contribution in [3.8, 4) is 17.1 Å². The molecule has 1 unspecified atom stereocenters. The van der Waals surface area contributed by atoms with Crippen molar-refractivity contribution in [2.75, 3.05) is 20.2 Å². The Kier molecular flexibility index (Phi) is 6.57. The van der Waals surface area contributed by atoms with E-state index in [1.807, 2.05) is 30.3 Å². The highest BCUT2D eigenvalue weighted by molar-refractivity contribution is 5.78. The highest BCUT2D eigenvalue weighted by Gasteiger charge is 2.26. The van der Waals surface area contributed by atoms with E-state index in [2.05, 4.69) is 25.4 Å². The van der Waals surface area contributed by atoms with E-state index < -0.39 is 0 Å². The minimum absolute atomic E-state index is 0.00587. The van der Waals surface area contributed by atoms with Crippen LogP contribution in [0.1, 0.15) is 24.2 Å². The summed E-state index contributed by atoms with van der Waals surface area (Å²) < 4.78 is 18.6. The minimum atomic E-state index is -0.232. The van der Waals surface area contributed by atoms with Crippen LogP contribution in [-0.4, -0.2) is 46.2 Å². The zero-order chi connectivity index (χ0) is 21.6. The standard InChI is InChI=1S/C23H26FN5O2/c1-31-20-9-7-17(8-10-20)22-26-21(27-28-22)13-25-23(30)18-5-3-11-29(15-18)14-16-4-2-6-19(24)12-16/h2,4,6-10,12,18H,3,5,11,13-15H2,1H3,(H,25,30)(H,26,27,28). The van der Waals surface area contributed by atoms with Crippen LogP contribution in [0, 0.1) is 11.7 Å². The molecule has 0 radical (unpaired) electrons. The van der Waals surface area contributed by atoms with Crippen molar-refractivity contribution in [2.45, 2.75) is 25.9 Å². The highest BCUT2D eigenvalue weighted by atomic mass is 19.1. The third kappa shape index (κ3) is 5.46. The number of carbonyl (C=O) groups is 1. The monoisotopic (exact) mass is 423 g/mol. The molecule has 1 aliphatic rings. The number of hydrogen-bond donors (Lipinski definition) is 2. The van der Waals surface area contributed by atoms with Gasteiger partial charge in [0.15, 0.2) is 5.82 Å². The van der Waals surface area contributed by atoms with Crippen molar-refractivity contribution in [1.29, 1.82) is 0 Å². The molecule has 1 aliphatic heterocycles. The minimum Gasteiger partial charge on any atom is -0.497 e. The number of aromatic nitrogens is 3. The predicted molar refractivity (Wildman–Crippen MR) is 115 cm³/mol. The van der Waals surface area contributed by atoms with Crippen LogP contribution in [0.15, 0.2) is 48.5 Å². The van der Waals surface area contributed by atoms with Gasteiger partial charge in [0.25, 0.3) is 0 Å². The predicted octanol–water partition coefficient (Wildman–Crippen LogP) is 3.15. The van der Waals surface area contributed by atoms with Gasteiger partial charge in [0, 0.05) is 18.7 Å². The van der Waals surface area contributed by atoms with Crippen LogP contribution < -0.4 is 10.1 Å². The van der Waals surface area contributed by atoms with Crippen molar-refractivity contribution in [3.63, 3.8) is 0 Å². The molecule has 0 saturated carbocycles. The number of ether oxygens (including phenoxy) is 1. The lowest BCUT2D eigenvalue weighted by Crippen LogP contribution is -2.42. The van der Waals surface area contributed by atoms with Crippen LogP contribution in [0.3, 0.4) is 0 Å². The molecule has 1 fully saturated rings. The van der Waals surface area contributed by atoms with Crippen LogP contribution in [0.5, 0.6) is 5.75 Å². The van der Waals surface area contributed by atoms with Crippen LogP contribution in [0.4, 0.5) is 4.39 Å². The van der Waals surface area contributed by atoms with E-state index in [9.17, 15) is 9.18 Å². The number of carbonyl (C=O) groups excluding carboxylic acids is 1. The number of amides is 1. The summed E-state index contributed by atoms with van der Waals surface area (Å²) in [6.07, 6.45) is 1.79. The van der Waals surface area contributed by atoms with Gasteiger partial charge >= 0.3 is 0 Å². The quantitative estimate of drug-likeness (QED) is 0.610. The summed E-state index contributed by atoms with van der Waals surface area (Å²) >= 11 is 0. The van der Waals surface area contributed by atoms with Crippen molar-refractivity contribution in [3.05, 3.63) is 65.7 Å². The molecule has 0 bridgehead atoms. The van der Waals surface area contributed by atoms with Crippen molar-refractivity contribution < 1.29 is 13.9 Å². The number of likely N-dealkylation sites (tertiary alicyclic amines) is 1. The summed E-state index contributed by atoms with van der Waals surface area (Å²) in [7, 11) is 1.62. The zero-order valence-electron chi connectivity index (χ0n) is 17.5. The molecule has 1 saturated heterocycles. The van der Waals surface area contributed by atoms with Crippen LogP contribution in [-0.2, 0) is 17.9 Å². The van der Waals surface area contributed by atoms with Gasteiger partial charge in [0.05, 0.1) is 19.6 Å². The lowest BCUT2D eigenvalue weighted by molar-refractivity contribution is -0.127. The smallest absolute Gasteiger partial charge is 0.224 e. The molecule has 0 aliphatic carbocycles. The third-order valence-electron chi connectivity index (χ3n) is 5.48. The topological polar surface area (TPSA) is 83.1 Å². The number of aromatic amines is 1. The SMILES string of the molecule is COc1ccc(-c2n[nH]c(CNC(=O)C3CCCN(Cc4cccc(F)c4)C3)n2)cc1. The summed E-state index contributed by atoms with van der Waals surface area (Å²) in [6.45, 7) is 2.51. The van der Waals surface area contributed by atoms with Crippen molar-refractivity contribution >= 4 is 5.91 Å². The molecule has 162 valence electrons. The number of rotatable bonds is 7. The van der Waals surface area contributed by atoms with Gasteiger partial charge in [-0.05, 0) is 61.3 Å². The molecule has 1 amide bonds. The van der Waals surface area contributed by atoms with E-state index in [1.54, 1.807) is 19.2 Å². The molecule has 31 heavy (non-hydrogen) atoms. The largest absolute Gasteiger partial charge is 0.497 e. The van der Waals surface area contributed by atoms with Gasteiger partial charge in [-0.1, -0.05) is 12.1 Å². The second kappa shape index (κ2) is 9.70. The fourth-order valence-corrected chi connectivity index (χ4v) is 3.87. The van der Waals surface area contributed by atoms with Crippen LogP contribution in [0.25, 0.3) is 11.4 Å². The highest BCUT2D eigenvalue weighted by Crippen LogP contribution is 2.20. The first-order chi connectivity index (χ1) is 15.1. The molecule has 4 rings (SSSR count). The Labute approximate surface area is 180 Å². The number of benzene rings is 2. The molecular weight excluding hydrogens is 397 g/mol. The fraction of sp³-hybridized carbons (Fsp3) is 0.348. The lowest BCUT2D eigenvalue weighted by atomic mass is 9.96. The van der Waals surface area contributed by atoms with Gasteiger partial charge in [-0.15, -0.1) is 0 Å². The summed E-state index contributed by atoms with van der Waals surface area (Å²) in [6, 6.07) is 14.1. The van der Waals surface area contributed by atoms with E-state index in [1.165, 1.54) is 6.07 Å². The molecule has 1 aromatic heterocycles. The number of H-pyrrole nitrogens is 1. The van der Waals surface area contributed by atoms with E-state index >= 15 is 0 Å². The van der Waals surface area contributed by atoms with Crippen LogP contribution >= 0.6 is 0 Å². The van der Waals surface area contributed by atoms with Gasteiger partial charge in [-0.2, -0.15) is 5.10 Å². The Balaban J connectivity index is 1.29. The third-order valence-corrected chi connectivity index (χ3v) is 5.48. The first-order valence-corrected chi connectivity index (χ1v) is 10.4. The Bertz CT molecular complexity index is 1020. The molecule has 7 nitrogen and oxygen atoms in total. The van der Waals surface area contributed by atoms with Gasteiger partial charge in [0.1, 0.15) is 17.4 Å². The number of nitrogens with one attached hydrogen (secondary N) is 2. The molecule has 3 aromatic rings. The first kappa shape index (κ1) is 21.0. The second-order valence-electron chi connectivity index (χ2n) is 7.76. The Morgan fingerprint density at radius 2 is 2.13 bits per heavy atom. The second-order valence-corrected chi connectivity index (χ2v) is 7.76. The molecule has 8 heteroatoms. The Morgan fingerprint density at radius 3 is 2.90 bits per heavy atom. The van der Waals surface area contributed by atoms with Gasteiger partial charge in [0.2, 0.25) is 5.91 Å². The molecule has 2 N–H and O–H groups in total. The molecule has 0 spiro atoms. The Morgan fingerprint density at radius 1 is 1.29 bits per heavy atom. The maximum absolute atomic E-state index is 13.4. The molecule has 1 atom stereocenters. The number of halogens is 1. The van der Waals surface area contributed by atoms with E-state index in [-0.39, 0.29) is 17.6 Å². The maximum atomic E-state index is 13.4. The number of hydrogen-bond acceptors (Lipinski definition) is 5. The van der Waals surface area contributed by atoms with Gasteiger partial charge in [-0.3, -0.25) is 14.8 Å². The van der Waals surface area contributed by atoms with E-state index in [4.69, 9.17) is 4.74 Å². The summed E-state index contributed by atoms with van der Waals surface area (Å²) in [5, 5.41) is 10.1. The first-order valence-electron chi connectivity index (χ1n) is 10.4. The van der Waals surface area contributed by atoms with Crippen molar-refractivity contribution in [1.82, 2.24) is 25.4 Å². The zero-order valence-corrected chi connectivity index (χ0v) is 17.5. The number of nitrogens with zero attached hydrogens (tertiary/aromatic N) is 3. The number of piperidine rings is 1. The fourth-order valence-electron chi connectivity index (χ4n) is 3.87. The average molecular weight is 423 g/mol. The average Bonchev–Trinajstić information content (AvgIpc) is 3.27. The normalized spacial score (nSPS) is 16.8. The van der Waals surface area contributed by atoms with Gasteiger partial charge in [-0.25, -0.2) is 9.37 Å². The summed E-state index contributed by atoms with van der Waals surface area (Å²) in [5.41, 5.74) is 1.80. The van der Waals surface area contributed by atoms with Crippen molar-refractivity contribution in [2.24, 2.45) is 5.92 Å². The van der Waals surface area contributed by atoms with Crippen LogP contribution in [0.2, 0.25) is 0 Å². The summed E-state index contributed by atoms with van der Waals surface area (Å²) in [5.74, 6) is 1.63. The molecular formula is C23H26FN5O2. The van der Waals surface area contributed by atoms with E-state index in [0.29, 0.717) is 31.3 Å².